The summed E-state index contributed by atoms with van der Waals surface area (Å²) in [6, 6.07) is 10.8. The van der Waals surface area contributed by atoms with Crippen LogP contribution in [0, 0.1) is 11.8 Å². The van der Waals surface area contributed by atoms with Gasteiger partial charge in [0.05, 0.1) is 46.5 Å². The largest absolute Gasteiger partial charge is 0.376 e. The van der Waals surface area contributed by atoms with Crippen molar-refractivity contribution in [3.8, 4) is 0 Å². The summed E-state index contributed by atoms with van der Waals surface area (Å²) in [4.78, 5) is 11.0. The third kappa shape index (κ3) is 3.33. The first-order chi connectivity index (χ1) is 17.0. The van der Waals surface area contributed by atoms with Crippen LogP contribution in [0.4, 0.5) is 5.82 Å². The number of anilines is 1. The summed E-state index contributed by atoms with van der Waals surface area (Å²) in [6.45, 7) is 5.17. The lowest BCUT2D eigenvalue weighted by Crippen LogP contribution is -2.39. The minimum absolute atomic E-state index is 0.331. The van der Waals surface area contributed by atoms with E-state index in [4.69, 9.17) is 27.1 Å². The zero-order valence-electron chi connectivity index (χ0n) is 19.7. The topological polar surface area (TPSA) is 91.3 Å². The maximum atomic E-state index is 10.9. The number of halogens is 1. The highest BCUT2D eigenvalue weighted by Crippen LogP contribution is 2.47. The molecule has 0 radical (unpaired) electrons. The minimum Gasteiger partial charge on any atom is -0.376 e. The molecule has 2 aliphatic heterocycles. The molecule has 2 fully saturated rings. The van der Waals surface area contributed by atoms with Crippen molar-refractivity contribution >= 4 is 39.2 Å². The van der Waals surface area contributed by atoms with Crippen molar-refractivity contribution in [2.75, 3.05) is 24.6 Å². The Morgan fingerprint density at radius 3 is 2.89 bits per heavy atom. The predicted molar refractivity (Wildman–Crippen MR) is 135 cm³/mol. The molecule has 3 aliphatic rings. The molecular formula is C27H29ClN5O2+. The molecule has 8 heteroatoms. The zero-order valence-corrected chi connectivity index (χ0v) is 20.5. The van der Waals surface area contributed by atoms with Crippen LogP contribution < -0.4 is 15.4 Å². The highest BCUT2D eigenvalue weighted by atomic mass is 35.5. The van der Waals surface area contributed by atoms with E-state index in [1.807, 2.05) is 0 Å². The standard InChI is InChI=1S/C27H29ClN5O2/c1-2-20-25(28)24-21(31-20)10-17(30-27(24)32-11-18-19(12-32)26(18)29)7-14-3-4-15-9-16-13-35-6-5-22(16)33(34)23(15)8-14/h3-4,8-10,18-19,26,31,34H,2,5-7,11-13,29H2,1H3/q+1. The van der Waals surface area contributed by atoms with Gasteiger partial charge in [-0.05, 0) is 42.0 Å². The van der Waals surface area contributed by atoms with Crippen molar-refractivity contribution in [2.24, 2.45) is 17.6 Å². The van der Waals surface area contributed by atoms with Crippen LogP contribution in [-0.2, 0) is 30.6 Å². The third-order valence-corrected chi connectivity index (χ3v) is 8.56. The number of benzene rings is 1. The highest BCUT2D eigenvalue weighted by molar-refractivity contribution is 6.37. The molecule has 35 heavy (non-hydrogen) atoms. The van der Waals surface area contributed by atoms with E-state index >= 15 is 0 Å². The Balaban J connectivity index is 1.29. The van der Waals surface area contributed by atoms with E-state index in [-0.39, 0.29) is 0 Å². The molecule has 180 valence electrons. The maximum Gasteiger partial charge on any atom is 0.265 e. The van der Waals surface area contributed by atoms with E-state index in [9.17, 15) is 5.21 Å². The summed E-state index contributed by atoms with van der Waals surface area (Å²) in [5, 5.41) is 13.7. The summed E-state index contributed by atoms with van der Waals surface area (Å²) in [5.41, 5.74) is 13.2. The number of aromatic amines is 1. The van der Waals surface area contributed by atoms with Crippen LogP contribution >= 0.6 is 11.6 Å². The summed E-state index contributed by atoms with van der Waals surface area (Å²) in [5.74, 6) is 2.09. The number of ether oxygens (including phenoxy) is 1. The number of fused-ring (bicyclic) bond motifs is 4. The molecule has 1 saturated carbocycles. The van der Waals surface area contributed by atoms with Crippen LogP contribution in [0.5, 0.6) is 0 Å². The molecule has 0 spiro atoms. The van der Waals surface area contributed by atoms with Crippen LogP contribution in [0.1, 0.15) is 35.1 Å². The van der Waals surface area contributed by atoms with E-state index in [1.165, 1.54) is 4.73 Å². The van der Waals surface area contributed by atoms with Crippen LogP contribution in [0.3, 0.4) is 0 Å². The zero-order chi connectivity index (χ0) is 23.8. The summed E-state index contributed by atoms with van der Waals surface area (Å²) in [7, 11) is 0. The molecule has 0 bridgehead atoms. The second kappa shape index (κ2) is 7.82. The maximum absolute atomic E-state index is 10.9. The van der Waals surface area contributed by atoms with Gasteiger partial charge >= 0.3 is 0 Å². The van der Waals surface area contributed by atoms with Crippen molar-refractivity contribution < 1.29 is 14.7 Å². The number of aromatic nitrogens is 3. The number of pyridine rings is 2. The van der Waals surface area contributed by atoms with Crippen LogP contribution in [-0.4, -0.2) is 40.9 Å². The molecule has 5 heterocycles. The predicted octanol–water partition coefficient (Wildman–Crippen LogP) is 3.51. The van der Waals surface area contributed by atoms with Crippen molar-refractivity contribution in [1.82, 2.24) is 9.97 Å². The van der Waals surface area contributed by atoms with E-state index < -0.39 is 0 Å². The van der Waals surface area contributed by atoms with Crippen LogP contribution in [0.25, 0.3) is 21.8 Å². The van der Waals surface area contributed by atoms with Gasteiger partial charge < -0.3 is 20.4 Å². The number of H-pyrrole nitrogens is 1. The number of rotatable bonds is 4. The Hall–Kier alpha value is -2.87. The smallest absolute Gasteiger partial charge is 0.265 e. The van der Waals surface area contributed by atoms with Gasteiger partial charge in [0.2, 0.25) is 5.69 Å². The normalized spacial score (nSPS) is 23.2. The molecule has 4 N–H and O–H groups in total. The number of aryl methyl sites for hydroxylation is 1. The van der Waals surface area contributed by atoms with Gasteiger partial charge in [-0.15, -0.1) is 0 Å². The van der Waals surface area contributed by atoms with E-state index in [2.05, 4.69) is 47.1 Å². The number of hydrogen-bond donors (Lipinski definition) is 3. The average molecular weight is 491 g/mol. The van der Waals surface area contributed by atoms with Crippen molar-refractivity contribution in [1.29, 1.82) is 0 Å². The van der Waals surface area contributed by atoms with Crippen molar-refractivity contribution in [2.45, 2.75) is 38.8 Å². The molecule has 1 saturated heterocycles. The Kier molecular flexibility index (Phi) is 4.78. The molecule has 1 aliphatic carbocycles. The Labute approximate surface area is 208 Å². The van der Waals surface area contributed by atoms with Gasteiger partial charge in [0.15, 0.2) is 0 Å². The average Bonchev–Trinajstić information content (AvgIpc) is 3.19. The second-order valence-corrected chi connectivity index (χ2v) is 10.6. The summed E-state index contributed by atoms with van der Waals surface area (Å²) in [6.07, 6.45) is 2.22. The van der Waals surface area contributed by atoms with E-state index in [1.54, 1.807) is 0 Å². The number of piperidine rings is 1. The molecule has 7 nitrogen and oxygen atoms in total. The fourth-order valence-corrected chi connectivity index (χ4v) is 6.45. The lowest BCUT2D eigenvalue weighted by Gasteiger charge is -2.22. The molecule has 1 aromatic carbocycles. The number of nitrogens with zero attached hydrogens (tertiary/aromatic N) is 3. The van der Waals surface area contributed by atoms with Gasteiger partial charge in [-0.1, -0.05) is 24.6 Å². The van der Waals surface area contributed by atoms with Gasteiger partial charge in [0.1, 0.15) is 5.82 Å². The van der Waals surface area contributed by atoms with Crippen molar-refractivity contribution in [3.05, 3.63) is 63.6 Å². The summed E-state index contributed by atoms with van der Waals surface area (Å²) < 4.78 is 6.91. The first-order valence-corrected chi connectivity index (χ1v) is 12.9. The molecule has 2 atom stereocenters. The second-order valence-electron chi connectivity index (χ2n) is 10.2. The Morgan fingerprint density at radius 2 is 2.09 bits per heavy atom. The minimum atomic E-state index is 0.331. The number of nitrogens with two attached hydrogens (primary N) is 1. The molecular weight excluding hydrogens is 462 g/mol. The molecule has 0 amide bonds. The van der Waals surface area contributed by atoms with Gasteiger partial charge in [0.25, 0.3) is 5.52 Å². The van der Waals surface area contributed by atoms with Gasteiger partial charge in [-0.25, -0.2) is 4.98 Å². The molecule has 2 unspecified atom stereocenters. The highest BCUT2D eigenvalue weighted by Gasteiger charge is 2.54. The monoisotopic (exact) mass is 490 g/mol. The lowest BCUT2D eigenvalue weighted by atomic mass is 10.0. The van der Waals surface area contributed by atoms with E-state index in [0.29, 0.717) is 43.9 Å². The van der Waals surface area contributed by atoms with Crippen molar-refractivity contribution in [3.63, 3.8) is 0 Å². The van der Waals surface area contributed by atoms with Crippen LogP contribution in [0.2, 0.25) is 5.02 Å². The fourth-order valence-electron chi connectivity index (χ4n) is 6.08. The fraction of sp³-hybridized carbons (Fsp3) is 0.407. The molecule has 3 aromatic heterocycles. The molecule has 4 aromatic rings. The van der Waals surface area contributed by atoms with Gasteiger partial charge in [-0.3, -0.25) is 5.21 Å². The Morgan fingerprint density at radius 1 is 1.26 bits per heavy atom. The SMILES string of the molecule is CCc1[nH]c2cc(Cc3ccc4cc5c([n+](O)c4c3)CCOC5)nc(N3CC4C(N)C4C3)c2c1Cl. The van der Waals surface area contributed by atoms with Gasteiger partial charge in [0, 0.05) is 47.7 Å². The number of nitrogens with one attached hydrogen (secondary N) is 1. The first kappa shape index (κ1) is 21.4. The third-order valence-electron chi connectivity index (χ3n) is 8.14. The van der Waals surface area contributed by atoms with E-state index in [0.717, 1.165) is 80.4 Å². The summed E-state index contributed by atoms with van der Waals surface area (Å²) >= 11 is 6.81. The quantitative estimate of drug-likeness (QED) is 0.301. The van der Waals surface area contributed by atoms with Crippen LogP contribution in [0.15, 0.2) is 30.3 Å². The molecule has 7 rings (SSSR count). The lowest BCUT2D eigenvalue weighted by molar-refractivity contribution is -0.890. The van der Waals surface area contributed by atoms with Gasteiger partial charge in [-0.2, -0.15) is 0 Å². The number of hydrogen-bond acceptors (Lipinski definition) is 5. The Bertz CT molecular complexity index is 1490. The first-order valence-electron chi connectivity index (χ1n) is 12.5.